The Labute approximate surface area is 203 Å². The number of halogens is 2. The monoisotopic (exact) mass is 503 g/mol. The Morgan fingerprint density at radius 2 is 2.03 bits per heavy atom. The van der Waals surface area contributed by atoms with Crippen LogP contribution in [-0.2, 0) is 9.53 Å². The molecule has 2 aromatic heterocycles. The van der Waals surface area contributed by atoms with E-state index >= 15 is 0 Å². The average molecular weight is 504 g/mol. The lowest BCUT2D eigenvalue weighted by Gasteiger charge is -2.40. The van der Waals surface area contributed by atoms with E-state index in [-0.39, 0.29) is 19.1 Å². The summed E-state index contributed by atoms with van der Waals surface area (Å²) < 4.78 is 31.9. The molecule has 2 aliphatic rings. The van der Waals surface area contributed by atoms with Crippen LogP contribution in [0.3, 0.4) is 0 Å². The SMILES string of the molecule is COC(C(=O)Nc1nnc(N[C@@H]2CCN(c3nccnn3)C2)s1)c1cccc(N2CC(F)(F)C2)c1. The van der Waals surface area contributed by atoms with Gasteiger partial charge in [0.15, 0.2) is 6.10 Å². The maximum absolute atomic E-state index is 13.2. The van der Waals surface area contributed by atoms with Crippen molar-refractivity contribution in [3.05, 3.63) is 42.2 Å². The molecule has 0 bridgehead atoms. The molecule has 184 valence electrons. The van der Waals surface area contributed by atoms with Gasteiger partial charge in [-0.1, -0.05) is 23.5 Å². The van der Waals surface area contributed by atoms with Crippen molar-refractivity contribution in [2.75, 3.05) is 53.7 Å². The molecule has 2 N–H and O–H groups in total. The zero-order valence-corrected chi connectivity index (χ0v) is 19.6. The standard InChI is InChI=1S/C21H23F2N9O2S/c1-34-16(13-3-2-4-15(9-13)32-11-21(22,23)12-32)17(33)27-20-30-29-19(35-20)26-14-5-8-31(10-14)18-24-6-7-25-28-18/h2-4,6-7,9,14,16H,5,8,10-12H2,1H3,(H,26,29)(H,27,30,33)/t14-,16?/m1/s1. The Balaban J connectivity index is 1.18. The molecule has 4 heterocycles. The number of rotatable bonds is 8. The number of benzene rings is 1. The van der Waals surface area contributed by atoms with Crippen LogP contribution in [0.2, 0.25) is 0 Å². The minimum atomic E-state index is -2.68. The largest absolute Gasteiger partial charge is 0.367 e. The van der Waals surface area contributed by atoms with Gasteiger partial charge in [-0.15, -0.1) is 15.3 Å². The van der Waals surface area contributed by atoms with Gasteiger partial charge < -0.3 is 19.9 Å². The number of aromatic nitrogens is 5. The van der Waals surface area contributed by atoms with Gasteiger partial charge >= 0.3 is 0 Å². The van der Waals surface area contributed by atoms with Crippen molar-refractivity contribution in [1.82, 2.24) is 25.4 Å². The lowest BCUT2D eigenvalue weighted by molar-refractivity contribution is -0.126. The minimum Gasteiger partial charge on any atom is -0.367 e. The van der Waals surface area contributed by atoms with Crippen molar-refractivity contribution in [1.29, 1.82) is 0 Å². The third-order valence-electron chi connectivity index (χ3n) is 5.78. The molecule has 2 saturated heterocycles. The highest BCUT2D eigenvalue weighted by molar-refractivity contribution is 7.19. The van der Waals surface area contributed by atoms with Crippen LogP contribution in [0, 0.1) is 0 Å². The number of hydrogen-bond donors (Lipinski definition) is 2. The van der Waals surface area contributed by atoms with Crippen LogP contribution in [0.15, 0.2) is 36.7 Å². The lowest BCUT2D eigenvalue weighted by Crippen LogP contribution is -2.56. The molecule has 0 saturated carbocycles. The highest BCUT2D eigenvalue weighted by atomic mass is 32.1. The van der Waals surface area contributed by atoms with Crippen LogP contribution in [-0.4, -0.2) is 76.5 Å². The molecule has 1 aromatic carbocycles. The van der Waals surface area contributed by atoms with Gasteiger partial charge in [-0.05, 0) is 24.1 Å². The molecule has 11 nitrogen and oxygen atoms in total. The molecular weight excluding hydrogens is 480 g/mol. The smallest absolute Gasteiger partial charge is 0.282 e. The van der Waals surface area contributed by atoms with Crippen LogP contribution >= 0.6 is 11.3 Å². The van der Waals surface area contributed by atoms with E-state index in [1.54, 1.807) is 35.4 Å². The van der Waals surface area contributed by atoms with Crippen molar-refractivity contribution < 1.29 is 18.3 Å². The third-order valence-corrected chi connectivity index (χ3v) is 6.55. The molecule has 2 atom stereocenters. The number of ether oxygens (including phenoxy) is 1. The normalized spacial score (nSPS) is 19.8. The van der Waals surface area contributed by atoms with Gasteiger partial charge in [-0.2, -0.15) is 5.10 Å². The van der Waals surface area contributed by atoms with Gasteiger partial charge in [0, 0.05) is 31.9 Å². The average Bonchev–Trinajstić information content (AvgIpc) is 3.48. The van der Waals surface area contributed by atoms with Crippen LogP contribution in [0.5, 0.6) is 0 Å². The van der Waals surface area contributed by atoms with Gasteiger partial charge in [-0.3, -0.25) is 10.1 Å². The lowest BCUT2D eigenvalue weighted by atomic mass is 10.0. The second kappa shape index (κ2) is 9.62. The van der Waals surface area contributed by atoms with E-state index in [0.29, 0.717) is 34.0 Å². The summed E-state index contributed by atoms with van der Waals surface area (Å²) in [6.07, 6.45) is 3.07. The summed E-state index contributed by atoms with van der Waals surface area (Å²) in [5.74, 6) is -2.53. The third kappa shape index (κ3) is 5.27. The molecule has 2 fully saturated rings. The Morgan fingerprint density at radius 1 is 1.20 bits per heavy atom. The first-order valence-electron chi connectivity index (χ1n) is 11.0. The van der Waals surface area contributed by atoms with Crippen molar-refractivity contribution in [2.45, 2.75) is 24.5 Å². The first-order valence-corrected chi connectivity index (χ1v) is 11.8. The molecule has 1 unspecified atom stereocenters. The zero-order chi connectivity index (χ0) is 24.4. The van der Waals surface area contributed by atoms with Crippen molar-refractivity contribution in [2.24, 2.45) is 0 Å². The molecular formula is C21H23F2N9O2S. The number of nitrogens with one attached hydrogen (secondary N) is 2. The second-order valence-corrected chi connectivity index (χ2v) is 9.32. The van der Waals surface area contributed by atoms with E-state index in [0.717, 1.165) is 13.0 Å². The molecule has 2 aliphatic heterocycles. The summed E-state index contributed by atoms with van der Waals surface area (Å²) in [7, 11) is 1.42. The summed E-state index contributed by atoms with van der Waals surface area (Å²) in [5, 5.41) is 23.0. The van der Waals surface area contributed by atoms with E-state index in [1.165, 1.54) is 24.6 Å². The molecule has 0 radical (unpaired) electrons. The zero-order valence-electron chi connectivity index (χ0n) is 18.8. The minimum absolute atomic E-state index is 0.124. The van der Waals surface area contributed by atoms with Gasteiger partial charge in [0.1, 0.15) is 0 Å². The Hall–Kier alpha value is -3.52. The predicted octanol–water partition coefficient (Wildman–Crippen LogP) is 2.20. The van der Waals surface area contributed by atoms with E-state index in [2.05, 4.69) is 36.0 Å². The first kappa shape index (κ1) is 23.2. The maximum Gasteiger partial charge on any atom is 0.282 e. The van der Waals surface area contributed by atoms with Crippen LogP contribution in [0.4, 0.5) is 30.7 Å². The molecule has 3 aromatic rings. The van der Waals surface area contributed by atoms with Gasteiger partial charge in [-0.25, -0.2) is 13.8 Å². The molecule has 0 aliphatic carbocycles. The summed E-state index contributed by atoms with van der Waals surface area (Å²) in [6.45, 7) is 0.803. The predicted molar refractivity (Wildman–Crippen MR) is 126 cm³/mol. The van der Waals surface area contributed by atoms with Crippen molar-refractivity contribution in [3.63, 3.8) is 0 Å². The number of nitrogens with zero attached hydrogens (tertiary/aromatic N) is 7. The molecule has 35 heavy (non-hydrogen) atoms. The number of amides is 1. The van der Waals surface area contributed by atoms with E-state index < -0.39 is 17.9 Å². The highest BCUT2D eigenvalue weighted by Crippen LogP contribution is 2.33. The van der Waals surface area contributed by atoms with Crippen molar-refractivity contribution in [3.8, 4) is 0 Å². The van der Waals surface area contributed by atoms with E-state index in [4.69, 9.17) is 4.74 Å². The van der Waals surface area contributed by atoms with Crippen LogP contribution < -0.4 is 20.4 Å². The van der Waals surface area contributed by atoms with Crippen LogP contribution in [0.1, 0.15) is 18.1 Å². The fourth-order valence-electron chi connectivity index (χ4n) is 4.10. The topological polar surface area (TPSA) is 121 Å². The molecule has 0 spiro atoms. The van der Waals surface area contributed by atoms with Gasteiger partial charge in [0.2, 0.25) is 16.2 Å². The van der Waals surface area contributed by atoms with E-state index in [9.17, 15) is 13.6 Å². The summed E-state index contributed by atoms with van der Waals surface area (Å²) in [5.41, 5.74) is 1.18. The fraction of sp³-hybridized carbons (Fsp3) is 0.429. The van der Waals surface area contributed by atoms with Crippen molar-refractivity contribution >= 4 is 39.1 Å². The molecule has 14 heteroatoms. The number of alkyl halides is 2. The van der Waals surface area contributed by atoms with Gasteiger partial charge in [0.25, 0.3) is 11.8 Å². The van der Waals surface area contributed by atoms with E-state index in [1.807, 2.05) is 4.90 Å². The quantitative estimate of drug-likeness (QED) is 0.473. The highest BCUT2D eigenvalue weighted by Gasteiger charge is 2.44. The first-order chi connectivity index (χ1) is 16.9. The summed E-state index contributed by atoms with van der Waals surface area (Å²) in [4.78, 5) is 20.7. The summed E-state index contributed by atoms with van der Waals surface area (Å²) >= 11 is 1.21. The number of hydrogen-bond acceptors (Lipinski definition) is 11. The van der Waals surface area contributed by atoms with Gasteiger partial charge in [0.05, 0.1) is 25.5 Å². The number of anilines is 4. The number of carbonyl (C=O) groups is 1. The Bertz CT molecular complexity index is 1170. The number of methoxy groups -OCH3 is 1. The maximum atomic E-state index is 13.2. The van der Waals surface area contributed by atoms with Crippen LogP contribution in [0.25, 0.3) is 0 Å². The fourth-order valence-corrected chi connectivity index (χ4v) is 4.82. The molecule has 5 rings (SSSR count). The Kier molecular flexibility index (Phi) is 6.38. The summed E-state index contributed by atoms with van der Waals surface area (Å²) in [6, 6.07) is 6.98. The number of carbonyl (C=O) groups excluding carboxylic acids is 1. The second-order valence-electron chi connectivity index (χ2n) is 8.34. The molecule has 1 amide bonds. The Morgan fingerprint density at radius 3 is 2.77 bits per heavy atom.